The summed E-state index contributed by atoms with van der Waals surface area (Å²) in [6, 6.07) is 12.9. The summed E-state index contributed by atoms with van der Waals surface area (Å²) in [6.07, 6.45) is 0.245. The van der Waals surface area contributed by atoms with Gasteiger partial charge in [0.1, 0.15) is 11.6 Å². The number of methoxy groups -OCH3 is 1. The lowest BCUT2D eigenvalue weighted by molar-refractivity contribution is -0.120. The third-order valence-corrected chi connectivity index (χ3v) is 5.50. The number of anilines is 1. The first-order valence-electron chi connectivity index (χ1n) is 9.98. The van der Waals surface area contributed by atoms with Gasteiger partial charge in [-0.1, -0.05) is 23.9 Å². The predicted molar refractivity (Wildman–Crippen MR) is 120 cm³/mol. The number of hydrogen-bond donors (Lipinski definition) is 2. The average molecular weight is 458 g/mol. The summed E-state index contributed by atoms with van der Waals surface area (Å²) in [4.78, 5) is 24.4. The summed E-state index contributed by atoms with van der Waals surface area (Å²) >= 11 is 1.24. The van der Waals surface area contributed by atoms with Crippen molar-refractivity contribution in [1.82, 2.24) is 20.1 Å². The van der Waals surface area contributed by atoms with E-state index in [1.54, 1.807) is 7.11 Å². The van der Waals surface area contributed by atoms with E-state index in [1.807, 2.05) is 35.8 Å². The summed E-state index contributed by atoms with van der Waals surface area (Å²) < 4.78 is 19.9. The molecular weight excluding hydrogens is 433 g/mol. The molecule has 8 nitrogen and oxygen atoms in total. The number of hydrogen-bond acceptors (Lipinski definition) is 6. The molecule has 0 aliphatic rings. The zero-order chi connectivity index (χ0) is 22.9. The van der Waals surface area contributed by atoms with E-state index < -0.39 is 0 Å². The molecule has 2 aromatic carbocycles. The molecule has 0 atom stereocenters. The summed E-state index contributed by atoms with van der Waals surface area (Å²) in [5.41, 5.74) is 1.40. The number of aromatic nitrogens is 3. The lowest BCUT2D eigenvalue weighted by Gasteiger charge is -2.09. The predicted octanol–water partition coefficient (Wildman–Crippen LogP) is 3.04. The molecule has 0 aliphatic heterocycles. The zero-order valence-electron chi connectivity index (χ0n) is 17.8. The molecule has 1 aromatic heterocycles. The highest BCUT2D eigenvalue weighted by atomic mass is 32.2. The number of rotatable bonds is 10. The lowest BCUT2D eigenvalue weighted by Crippen LogP contribution is -2.26. The van der Waals surface area contributed by atoms with Crippen LogP contribution in [0.2, 0.25) is 0 Å². The molecule has 0 unspecified atom stereocenters. The molecule has 1 heterocycles. The highest BCUT2D eigenvalue weighted by molar-refractivity contribution is 7.99. The number of benzene rings is 2. The second-order valence-corrected chi connectivity index (χ2v) is 7.73. The minimum absolute atomic E-state index is 0.124. The number of nitrogens with zero attached hydrogens (tertiary/aromatic N) is 3. The van der Waals surface area contributed by atoms with Gasteiger partial charge in [-0.2, -0.15) is 0 Å². The van der Waals surface area contributed by atoms with E-state index in [-0.39, 0.29) is 36.4 Å². The number of carbonyl (C=O) groups excluding carboxylic acids is 2. The van der Waals surface area contributed by atoms with Crippen LogP contribution >= 0.6 is 11.8 Å². The summed E-state index contributed by atoms with van der Waals surface area (Å²) in [5.74, 6) is 0.741. The molecule has 3 aromatic rings. The first kappa shape index (κ1) is 23.3. The van der Waals surface area contributed by atoms with E-state index in [4.69, 9.17) is 4.74 Å². The molecule has 0 fully saturated rings. The van der Waals surface area contributed by atoms with Gasteiger partial charge in [-0.15, -0.1) is 10.2 Å². The second kappa shape index (κ2) is 11.3. The molecule has 3 rings (SSSR count). The van der Waals surface area contributed by atoms with Crippen LogP contribution < -0.4 is 15.4 Å². The molecule has 0 aliphatic carbocycles. The van der Waals surface area contributed by atoms with Gasteiger partial charge >= 0.3 is 0 Å². The van der Waals surface area contributed by atoms with Crippen LogP contribution in [0.3, 0.4) is 0 Å². The molecular formula is C22H24FN5O3S. The van der Waals surface area contributed by atoms with E-state index in [2.05, 4.69) is 20.8 Å². The van der Waals surface area contributed by atoms with Crippen LogP contribution in [0.1, 0.15) is 18.3 Å². The van der Waals surface area contributed by atoms with E-state index in [9.17, 15) is 14.0 Å². The van der Waals surface area contributed by atoms with E-state index in [0.29, 0.717) is 23.2 Å². The first-order valence-corrected chi connectivity index (χ1v) is 11.0. The van der Waals surface area contributed by atoms with Gasteiger partial charge in [0.05, 0.1) is 25.8 Å². The van der Waals surface area contributed by atoms with Gasteiger partial charge in [-0.3, -0.25) is 9.59 Å². The fourth-order valence-corrected chi connectivity index (χ4v) is 3.72. The lowest BCUT2D eigenvalue weighted by atomic mass is 10.1. The van der Waals surface area contributed by atoms with E-state index >= 15 is 0 Å². The third-order valence-electron chi connectivity index (χ3n) is 4.54. The van der Waals surface area contributed by atoms with Crippen LogP contribution in [0.15, 0.2) is 53.7 Å². The summed E-state index contributed by atoms with van der Waals surface area (Å²) in [5, 5.41) is 14.4. The maximum absolute atomic E-state index is 13.0. The smallest absolute Gasteiger partial charge is 0.234 e. The van der Waals surface area contributed by atoms with Crippen molar-refractivity contribution in [2.45, 2.75) is 31.6 Å². The summed E-state index contributed by atoms with van der Waals surface area (Å²) in [6.45, 7) is 2.77. The Bertz CT molecular complexity index is 1050. The Morgan fingerprint density at radius 2 is 1.78 bits per heavy atom. The normalized spacial score (nSPS) is 10.6. The molecule has 0 bridgehead atoms. The first-order chi connectivity index (χ1) is 15.5. The van der Waals surface area contributed by atoms with Crippen molar-refractivity contribution in [1.29, 1.82) is 0 Å². The molecule has 0 radical (unpaired) electrons. The van der Waals surface area contributed by atoms with Crippen molar-refractivity contribution >= 4 is 29.3 Å². The SMILES string of the molecule is CCn1c(CNC(=O)Cc2ccc(OC)cc2)nnc1SCC(=O)Nc1ccc(F)cc1. The van der Waals surface area contributed by atoms with Crippen molar-refractivity contribution in [3.8, 4) is 5.75 Å². The summed E-state index contributed by atoms with van der Waals surface area (Å²) in [7, 11) is 1.59. The quantitative estimate of drug-likeness (QED) is 0.454. The van der Waals surface area contributed by atoms with E-state index in [1.165, 1.54) is 36.0 Å². The number of carbonyl (C=O) groups is 2. The van der Waals surface area contributed by atoms with E-state index in [0.717, 1.165) is 11.3 Å². The number of amides is 2. The van der Waals surface area contributed by atoms with Gasteiger partial charge in [0, 0.05) is 12.2 Å². The Morgan fingerprint density at radius 3 is 2.44 bits per heavy atom. The number of thioether (sulfide) groups is 1. The number of ether oxygens (including phenoxy) is 1. The Kier molecular flexibility index (Phi) is 8.20. The number of halogens is 1. The Morgan fingerprint density at radius 1 is 1.06 bits per heavy atom. The maximum atomic E-state index is 13.0. The van der Waals surface area contributed by atoms with Crippen molar-refractivity contribution < 1.29 is 18.7 Å². The monoisotopic (exact) mass is 457 g/mol. The van der Waals surface area contributed by atoms with Gasteiger partial charge in [0.25, 0.3) is 0 Å². The molecule has 168 valence electrons. The fraction of sp³-hybridized carbons (Fsp3) is 0.273. The van der Waals surface area contributed by atoms with Gasteiger partial charge in [-0.25, -0.2) is 4.39 Å². The standard InChI is InChI=1S/C22H24FN5O3S/c1-3-28-19(13-24-20(29)12-15-4-10-18(31-2)11-5-15)26-27-22(28)32-14-21(30)25-17-8-6-16(23)7-9-17/h4-11H,3,12-14H2,1-2H3,(H,24,29)(H,25,30). The minimum atomic E-state index is -0.364. The molecule has 32 heavy (non-hydrogen) atoms. The molecule has 10 heteroatoms. The van der Waals surface area contributed by atoms with Crippen molar-refractivity contribution in [2.24, 2.45) is 0 Å². The topological polar surface area (TPSA) is 98.1 Å². The van der Waals surface area contributed by atoms with Gasteiger partial charge in [0.2, 0.25) is 11.8 Å². The van der Waals surface area contributed by atoms with Crippen molar-refractivity contribution in [2.75, 3.05) is 18.2 Å². The maximum Gasteiger partial charge on any atom is 0.234 e. The molecule has 0 spiro atoms. The average Bonchev–Trinajstić information content (AvgIpc) is 3.20. The second-order valence-electron chi connectivity index (χ2n) is 6.79. The minimum Gasteiger partial charge on any atom is -0.497 e. The highest BCUT2D eigenvalue weighted by Crippen LogP contribution is 2.18. The molecule has 0 saturated carbocycles. The fourth-order valence-electron chi connectivity index (χ4n) is 2.90. The van der Waals surface area contributed by atoms with Crippen molar-refractivity contribution in [3.05, 3.63) is 65.7 Å². The number of nitrogens with one attached hydrogen (secondary N) is 2. The van der Waals surface area contributed by atoms with Crippen LogP contribution in [-0.2, 0) is 29.1 Å². The molecule has 2 amide bonds. The van der Waals surface area contributed by atoms with Crippen LogP contribution in [0, 0.1) is 5.82 Å². The zero-order valence-corrected chi connectivity index (χ0v) is 18.6. The van der Waals surface area contributed by atoms with Crippen molar-refractivity contribution in [3.63, 3.8) is 0 Å². The Balaban J connectivity index is 1.50. The Labute approximate surface area is 189 Å². The Hall–Kier alpha value is -3.40. The van der Waals surface area contributed by atoms with Gasteiger partial charge in [0.15, 0.2) is 11.0 Å². The van der Waals surface area contributed by atoms with Crippen LogP contribution in [-0.4, -0.2) is 39.4 Å². The molecule has 2 N–H and O–H groups in total. The van der Waals surface area contributed by atoms with Gasteiger partial charge < -0.3 is 19.9 Å². The largest absolute Gasteiger partial charge is 0.497 e. The van der Waals surface area contributed by atoms with Crippen LogP contribution in [0.25, 0.3) is 0 Å². The highest BCUT2D eigenvalue weighted by Gasteiger charge is 2.14. The van der Waals surface area contributed by atoms with Crippen LogP contribution in [0.5, 0.6) is 5.75 Å². The molecule has 0 saturated heterocycles. The van der Waals surface area contributed by atoms with Crippen LogP contribution in [0.4, 0.5) is 10.1 Å². The van der Waals surface area contributed by atoms with Gasteiger partial charge in [-0.05, 0) is 48.9 Å². The third kappa shape index (κ3) is 6.55.